The van der Waals surface area contributed by atoms with Gasteiger partial charge in [0.25, 0.3) is 0 Å². The third-order valence-electron chi connectivity index (χ3n) is 3.00. The summed E-state index contributed by atoms with van der Waals surface area (Å²) in [6.45, 7) is 0.922. The number of fused-ring (bicyclic) bond motifs is 1. The maximum atomic E-state index is 9.87. The zero-order valence-corrected chi connectivity index (χ0v) is 13.5. The second-order valence-electron chi connectivity index (χ2n) is 5.39. The molecule has 24 heavy (non-hydrogen) atoms. The number of aromatic nitrogens is 2. The molecule has 0 saturated heterocycles. The first-order valence-corrected chi connectivity index (χ1v) is 8.84. The van der Waals surface area contributed by atoms with Crippen molar-refractivity contribution in [3.63, 3.8) is 0 Å². The number of rotatable bonds is 2. The first-order valence-electron chi connectivity index (χ1n) is 6.81. The van der Waals surface area contributed by atoms with Crippen LogP contribution in [-0.4, -0.2) is 4.57 Å². The van der Waals surface area contributed by atoms with Gasteiger partial charge in [-0.25, -0.2) is 9.13 Å². The van der Waals surface area contributed by atoms with Crippen molar-refractivity contribution in [3.05, 3.63) is 66.7 Å². The fourth-order valence-electron chi connectivity index (χ4n) is 2.14. The van der Waals surface area contributed by atoms with Crippen LogP contribution in [0.25, 0.3) is 10.8 Å². The standard InChI is InChI=1S/C15H15N2.F6P/c1-16-8-9-17(12-16)11-13-6-7-14-4-2-3-5-15(14)10-13;1-7(2,3,4,5)6/h2-10,12H,11H2,1H3;/q+1;-1. The predicted octanol–water partition coefficient (Wildman–Crippen LogP) is 5.90. The normalized spacial score (nSPS) is 14.5. The quantitative estimate of drug-likeness (QED) is 0.303. The maximum absolute atomic E-state index is 10.7. The van der Waals surface area contributed by atoms with E-state index in [1.54, 1.807) is 0 Å². The Kier molecular flexibility index (Phi) is 4.17. The average molecular weight is 368 g/mol. The van der Waals surface area contributed by atoms with Gasteiger partial charge < -0.3 is 0 Å². The Hall–Kier alpha value is -2.08. The van der Waals surface area contributed by atoms with Crippen molar-refractivity contribution in [1.29, 1.82) is 0 Å². The van der Waals surface area contributed by atoms with Crippen LogP contribution >= 0.6 is 7.81 Å². The summed E-state index contributed by atoms with van der Waals surface area (Å²) in [4.78, 5) is 0. The van der Waals surface area contributed by atoms with Crippen molar-refractivity contribution < 1.29 is 29.7 Å². The van der Waals surface area contributed by atoms with E-state index in [2.05, 4.69) is 70.3 Å². The van der Waals surface area contributed by atoms with E-state index in [1.807, 2.05) is 7.05 Å². The van der Waals surface area contributed by atoms with Gasteiger partial charge in [-0.2, -0.15) is 0 Å². The number of hydrogen-bond acceptors (Lipinski definition) is 0. The molecule has 2 nitrogen and oxygen atoms in total. The molecule has 3 aromatic rings. The molecule has 0 aliphatic heterocycles. The van der Waals surface area contributed by atoms with Crippen LogP contribution < -0.4 is 4.57 Å². The number of nitrogens with zero attached hydrogens (tertiary/aromatic N) is 2. The Balaban J connectivity index is 0.000000256. The predicted molar refractivity (Wildman–Crippen MR) is 82.2 cm³/mol. The molecule has 9 heteroatoms. The second-order valence-corrected chi connectivity index (χ2v) is 7.31. The fourth-order valence-corrected chi connectivity index (χ4v) is 2.14. The SMILES string of the molecule is C[n+]1ccn(Cc2ccc3ccccc3c2)c1.F[P-](F)(F)(F)(F)F. The van der Waals surface area contributed by atoms with Gasteiger partial charge in [0.05, 0.1) is 7.05 Å². The fraction of sp³-hybridized carbons (Fsp3) is 0.133. The topological polar surface area (TPSA) is 8.81 Å². The molecule has 2 aromatic carbocycles. The van der Waals surface area contributed by atoms with Crippen LogP contribution in [-0.2, 0) is 13.6 Å². The molecule has 0 amide bonds. The number of halogens is 6. The van der Waals surface area contributed by atoms with E-state index in [0.717, 1.165) is 6.54 Å². The number of benzene rings is 2. The Morgan fingerprint density at radius 2 is 1.50 bits per heavy atom. The summed E-state index contributed by atoms with van der Waals surface area (Å²) >= 11 is 0. The van der Waals surface area contributed by atoms with Gasteiger partial charge in [-0.05, 0) is 22.4 Å². The molecular weight excluding hydrogens is 353 g/mol. The van der Waals surface area contributed by atoms with Gasteiger partial charge in [-0.3, -0.25) is 0 Å². The van der Waals surface area contributed by atoms with Crippen molar-refractivity contribution in [2.75, 3.05) is 0 Å². The van der Waals surface area contributed by atoms with Crippen LogP contribution in [0, 0.1) is 0 Å². The molecule has 0 saturated carbocycles. The molecule has 0 fully saturated rings. The first kappa shape index (κ1) is 18.3. The van der Waals surface area contributed by atoms with Gasteiger partial charge in [0.1, 0.15) is 18.9 Å². The van der Waals surface area contributed by atoms with Crippen molar-refractivity contribution in [3.8, 4) is 0 Å². The van der Waals surface area contributed by atoms with Crippen LogP contribution in [0.15, 0.2) is 61.2 Å². The number of imidazole rings is 1. The Labute approximate surface area is 134 Å². The molecule has 0 atom stereocenters. The van der Waals surface area contributed by atoms with E-state index in [-0.39, 0.29) is 0 Å². The molecule has 0 aliphatic rings. The van der Waals surface area contributed by atoms with Gasteiger partial charge in [-0.1, -0.05) is 36.4 Å². The molecule has 1 aromatic heterocycles. The molecule has 0 N–H and O–H groups in total. The van der Waals surface area contributed by atoms with E-state index >= 15 is 0 Å². The van der Waals surface area contributed by atoms with Crippen molar-refractivity contribution >= 4 is 18.6 Å². The van der Waals surface area contributed by atoms with Crippen LogP contribution in [0.2, 0.25) is 0 Å². The third-order valence-corrected chi connectivity index (χ3v) is 3.00. The van der Waals surface area contributed by atoms with Gasteiger partial charge >= 0.3 is 33.0 Å². The van der Waals surface area contributed by atoms with Crippen molar-refractivity contribution in [1.82, 2.24) is 4.57 Å². The summed E-state index contributed by atoms with van der Waals surface area (Å²) in [6, 6.07) is 15.1. The summed E-state index contributed by atoms with van der Waals surface area (Å²) in [6.07, 6.45) is 6.24. The van der Waals surface area contributed by atoms with Crippen LogP contribution in [0.5, 0.6) is 0 Å². The van der Waals surface area contributed by atoms with E-state index in [1.165, 1.54) is 16.3 Å². The second kappa shape index (κ2) is 5.48. The average Bonchev–Trinajstić information content (AvgIpc) is 2.80. The van der Waals surface area contributed by atoms with Crippen molar-refractivity contribution in [2.45, 2.75) is 6.54 Å². The van der Waals surface area contributed by atoms with Gasteiger partial charge in [0.2, 0.25) is 6.33 Å². The zero-order chi connectivity index (χ0) is 18.1. The number of hydrogen-bond donors (Lipinski definition) is 0. The summed E-state index contributed by atoms with van der Waals surface area (Å²) in [5.41, 5.74) is 1.33. The minimum absolute atomic E-state index is 0.922. The van der Waals surface area contributed by atoms with Crippen LogP contribution in [0.1, 0.15) is 5.56 Å². The molecule has 0 aliphatic carbocycles. The molecule has 1 heterocycles. The van der Waals surface area contributed by atoms with Gasteiger partial charge in [-0.15, -0.1) is 0 Å². The summed E-state index contributed by atoms with van der Waals surface area (Å²) in [5.74, 6) is 0. The molecule has 0 bridgehead atoms. The Morgan fingerprint density at radius 3 is 2.04 bits per heavy atom. The van der Waals surface area contributed by atoms with Gasteiger partial charge in [0.15, 0.2) is 0 Å². The summed E-state index contributed by atoms with van der Waals surface area (Å²) < 4.78 is 63.4. The number of aryl methyl sites for hydroxylation is 1. The first-order chi connectivity index (χ1) is 10.8. The molecule has 132 valence electrons. The molecule has 0 unspecified atom stereocenters. The van der Waals surface area contributed by atoms with Crippen molar-refractivity contribution in [2.24, 2.45) is 7.05 Å². The molecule has 0 spiro atoms. The molecule has 0 radical (unpaired) electrons. The van der Waals surface area contributed by atoms with E-state index in [4.69, 9.17) is 0 Å². The monoisotopic (exact) mass is 368 g/mol. The summed E-state index contributed by atoms with van der Waals surface area (Å²) in [5, 5.41) is 2.61. The van der Waals surface area contributed by atoms with Gasteiger partial charge in [0, 0.05) is 0 Å². The third kappa shape index (κ3) is 7.46. The molecule has 3 rings (SSSR count). The molecular formula is C15H15F6N2P. The zero-order valence-electron chi connectivity index (χ0n) is 12.6. The minimum atomic E-state index is -10.7. The van der Waals surface area contributed by atoms with Crippen LogP contribution in [0.4, 0.5) is 25.2 Å². The van der Waals surface area contributed by atoms with E-state index < -0.39 is 7.81 Å². The van der Waals surface area contributed by atoms with E-state index in [0.29, 0.717) is 0 Å². The van der Waals surface area contributed by atoms with E-state index in [9.17, 15) is 25.2 Å². The Morgan fingerprint density at radius 1 is 0.917 bits per heavy atom. The van der Waals surface area contributed by atoms with Crippen LogP contribution in [0.3, 0.4) is 0 Å². The summed E-state index contributed by atoms with van der Waals surface area (Å²) in [7, 11) is -8.62. The Bertz CT molecular complexity index is 844.